The predicted molar refractivity (Wildman–Crippen MR) is 51.7 cm³/mol. The molecular weight excluding hydrogens is 221 g/mol. The standard InChI is InChI=1S/C8H14.C3H7.Y/c1-5(2)8-6(3)7(8)4;1-3-2;/h5-8H,3-4H2,1-2H3;3H,1-2H3;/q-2;-1;+3. The Kier molecular flexibility index (Phi) is 9.73. The monoisotopic (exact) mass is 242 g/mol. The van der Waals surface area contributed by atoms with Crippen molar-refractivity contribution in [2.24, 2.45) is 23.7 Å². The molecule has 12 heavy (non-hydrogen) atoms. The van der Waals surface area contributed by atoms with Gasteiger partial charge in [-0.25, -0.2) is 0 Å². The van der Waals surface area contributed by atoms with Crippen molar-refractivity contribution in [3.05, 3.63) is 20.3 Å². The zero-order valence-corrected chi connectivity index (χ0v) is 11.7. The van der Waals surface area contributed by atoms with Crippen molar-refractivity contribution in [2.75, 3.05) is 0 Å². The fourth-order valence-corrected chi connectivity index (χ4v) is 1.46. The van der Waals surface area contributed by atoms with Gasteiger partial charge in [0, 0.05) is 0 Å². The Balaban J connectivity index is 0. The SMILES string of the molecule is C[CH-]C.[CH2-]C1C([CH2-])C1C(C)C.[Y+3]. The van der Waals surface area contributed by atoms with Crippen molar-refractivity contribution >= 4 is 0 Å². The molecule has 1 fully saturated rings. The summed E-state index contributed by atoms with van der Waals surface area (Å²) in [6, 6.07) is 0. The van der Waals surface area contributed by atoms with Crippen LogP contribution in [0.4, 0.5) is 0 Å². The molecule has 1 aliphatic carbocycles. The molecule has 0 aromatic carbocycles. The molecule has 0 radical (unpaired) electrons. The van der Waals surface area contributed by atoms with E-state index in [1.807, 2.05) is 20.3 Å². The van der Waals surface area contributed by atoms with Crippen molar-refractivity contribution in [1.29, 1.82) is 0 Å². The minimum absolute atomic E-state index is 0. The van der Waals surface area contributed by atoms with Gasteiger partial charge in [0.05, 0.1) is 0 Å². The molecule has 2 atom stereocenters. The zero-order valence-electron chi connectivity index (χ0n) is 8.88. The van der Waals surface area contributed by atoms with E-state index in [0.717, 1.165) is 11.8 Å². The van der Waals surface area contributed by atoms with E-state index in [2.05, 4.69) is 27.7 Å². The van der Waals surface area contributed by atoms with Crippen LogP contribution in [-0.4, -0.2) is 0 Å². The van der Waals surface area contributed by atoms with Gasteiger partial charge in [0.2, 0.25) is 0 Å². The second-order valence-electron chi connectivity index (χ2n) is 3.73. The predicted octanol–water partition coefficient (Wildman–Crippen LogP) is 3.40. The Morgan fingerprint density at radius 1 is 1.08 bits per heavy atom. The third-order valence-electron chi connectivity index (χ3n) is 2.17. The van der Waals surface area contributed by atoms with Gasteiger partial charge in [0.25, 0.3) is 0 Å². The molecule has 0 aliphatic heterocycles. The van der Waals surface area contributed by atoms with E-state index in [1.165, 1.54) is 0 Å². The van der Waals surface area contributed by atoms with Crippen molar-refractivity contribution in [3.8, 4) is 0 Å². The quantitative estimate of drug-likeness (QED) is 0.618. The molecule has 68 valence electrons. The van der Waals surface area contributed by atoms with Crippen LogP contribution in [0.2, 0.25) is 0 Å². The smallest absolute Gasteiger partial charge is 0.342 e. The number of rotatable bonds is 1. The van der Waals surface area contributed by atoms with Crippen LogP contribution in [0.5, 0.6) is 0 Å². The summed E-state index contributed by atoms with van der Waals surface area (Å²) in [6.45, 7) is 16.4. The van der Waals surface area contributed by atoms with E-state index in [0.29, 0.717) is 11.8 Å². The van der Waals surface area contributed by atoms with Crippen LogP contribution in [-0.2, 0) is 32.7 Å². The van der Waals surface area contributed by atoms with Gasteiger partial charge in [0.15, 0.2) is 0 Å². The summed E-state index contributed by atoms with van der Waals surface area (Å²) < 4.78 is 0. The zero-order chi connectivity index (χ0) is 9.02. The maximum Gasteiger partial charge on any atom is 3.00 e. The molecule has 0 bridgehead atoms. The summed E-state index contributed by atoms with van der Waals surface area (Å²) in [5.74, 6) is 2.90. The molecule has 2 unspecified atom stereocenters. The van der Waals surface area contributed by atoms with E-state index in [1.54, 1.807) is 0 Å². The van der Waals surface area contributed by atoms with Crippen LogP contribution in [0.1, 0.15) is 27.7 Å². The molecule has 1 aliphatic rings. The Morgan fingerprint density at radius 2 is 1.33 bits per heavy atom. The normalized spacial score (nSPS) is 31.8. The van der Waals surface area contributed by atoms with Crippen molar-refractivity contribution < 1.29 is 32.7 Å². The van der Waals surface area contributed by atoms with Gasteiger partial charge in [-0.2, -0.15) is 25.7 Å². The topological polar surface area (TPSA) is 0 Å². The molecule has 1 saturated carbocycles. The van der Waals surface area contributed by atoms with Crippen LogP contribution < -0.4 is 0 Å². The summed E-state index contributed by atoms with van der Waals surface area (Å²) in [5.41, 5.74) is 0. The third-order valence-corrected chi connectivity index (χ3v) is 2.17. The Morgan fingerprint density at radius 3 is 1.33 bits per heavy atom. The van der Waals surface area contributed by atoms with E-state index in [9.17, 15) is 0 Å². The maximum absolute atomic E-state index is 3.97. The van der Waals surface area contributed by atoms with Crippen LogP contribution in [0, 0.1) is 43.9 Å². The number of hydrogen-bond donors (Lipinski definition) is 0. The largest absolute Gasteiger partial charge is 3.00 e. The van der Waals surface area contributed by atoms with Gasteiger partial charge < -0.3 is 20.3 Å². The Bertz CT molecular complexity index is 84.4. The van der Waals surface area contributed by atoms with E-state index in [-0.39, 0.29) is 32.7 Å². The van der Waals surface area contributed by atoms with Gasteiger partial charge in [-0.05, 0) is 5.92 Å². The molecule has 0 N–H and O–H groups in total. The first-order chi connectivity index (χ1) is 5.06. The molecule has 0 nitrogen and oxygen atoms in total. The minimum Gasteiger partial charge on any atom is -0.342 e. The average molecular weight is 242 g/mol. The summed E-state index contributed by atoms with van der Waals surface area (Å²) in [4.78, 5) is 0. The van der Waals surface area contributed by atoms with Crippen molar-refractivity contribution in [2.45, 2.75) is 27.7 Å². The van der Waals surface area contributed by atoms with Gasteiger partial charge in [0.1, 0.15) is 0 Å². The summed E-state index contributed by atoms with van der Waals surface area (Å²) in [7, 11) is 0. The molecule has 1 rings (SSSR count). The fraction of sp³-hybridized carbons (Fsp3) is 0.727. The van der Waals surface area contributed by atoms with Crippen LogP contribution in [0.15, 0.2) is 0 Å². The average Bonchev–Trinajstić information content (AvgIpc) is 2.42. The molecular formula is C11H21Y. The van der Waals surface area contributed by atoms with Crippen LogP contribution in [0.3, 0.4) is 0 Å². The van der Waals surface area contributed by atoms with Crippen LogP contribution in [0.25, 0.3) is 0 Å². The van der Waals surface area contributed by atoms with Crippen molar-refractivity contribution in [3.63, 3.8) is 0 Å². The minimum atomic E-state index is 0. The van der Waals surface area contributed by atoms with E-state index >= 15 is 0 Å². The Labute approximate surface area is 104 Å². The number of hydrogen-bond acceptors (Lipinski definition) is 0. The van der Waals surface area contributed by atoms with Crippen LogP contribution >= 0.6 is 0 Å². The Hall–Kier alpha value is 1.10. The fourth-order valence-electron chi connectivity index (χ4n) is 1.46. The molecule has 0 spiro atoms. The maximum atomic E-state index is 3.97. The molecule has 0 aromatic heterocycles. The first-order valence-electron chi connectivity index (χ1n) is 4.46. The second kappa shape index (κ2) is 7.50. The van der Waals surface area contributed by atoms with E-state index < -0.39 is 0 Å². The molecule has 0 heterocycles. The van der Waals surface area contributed by atoms with Crippen molar-refractivity contribution in [1.82, 2.24) is 0 Å². The third kappa shape index (κ3) is 4.97. The second-order valence-corrected chi connectivity index (χ2v) is 3.73. The molecule has 0 saturated heterocycles. The van der Waals surface area contributed by atoms with Gasteiger partial charge in [-0.15, -0.1) is 0 Å². The van der Waals surface area contributed by atoms with Gasteiger partial charge >= 0.3 is 32.7 Å². The summed E-state index contributed by atoms with van der Waals surface area (Å²) >= 11 is 0. The molecule has 1 heteroatoms. The van der Waals surface area contributed by atoms with Gasteiger partial charge in [-0.3, -0.25) is 0 Å². The molecule has 0 aromatic rings. The first kappa shape index (κ1) is 15.6. The van der Waals surface area contributed by atoms with E-state index in [4.69, 9.17) is 0 Å². The summed E-state index contributed by atoms with van der Waals surface area (Å²) in [6.07, 6.45) is 2.00. The summed E-state index contributed by atoms with van der Waals surface area (Å²) in [5, 5.41) is 0. The van der Waals surface area contributed by atoms with Gasteiger partial charge in [-0.1, -0.05) is 19.8 Å². The first-order valence-corrected chi connectivity index (χ1v) is 4.46. The molecule has 0 amide bonds.